The van der Waals surface area contributed by atoms with E-state index in [0.29, 0.717) is 12.5 Å². The van der Waals surface area contributed by atoms with Crippen LogP contribution in [0, 0.1) is 0 Å². The third kappa shape index (κ3) is 6.38. The summed E-state index contributed by atoms with van der Waals surface area (Å²) in [5, 5.41) is 3.20. The second-order valence-electron chi connectivity index (χ2n) is 5.81. The first-order valence-corrected chi connectivity index (χ1v) is 7.88. The van der Waals surface area contributed by atoms with Gasteiger partial charge in [-0.2, -0.15) is 0 Å². The summed E-state index contributed by atoms with van der Waals surface area (Å²) < 4.78 is 0. The Hall–Kier alpha value is -1.22. The van der Waals surface area contributed by atoms with Crippen LogP contribution in [0.2, 0.25) is 0 Å². The van der Waals surface area contributed by atoms with E-state index in [1.165, 1.54) is 32.1 Å². The van der Waals surface area contributed by atoms with E-state index in [0.717, 1.165) is 30.5 Å². The number of anilines is 1. The van der Waals surface area contributed by atoms with Crippen LogP contribution in [0.1, 0.15) is 56.9 Å². The Kier molecular flexibility index (Phi) is 8.21. The zero-order chi connectivity index (χ0) is 14.2. The van der Waals surface area contributed by atoms with Gasteiger partial charge in [-0.15, -0.1) is 12.4 Å². The van der Waals surface area contributed by atoms with E-state index >= 15 is 0 Å². The van der Waals surface area contributed by atoms with Crippen LogP contribution in [0.15, 0.2) is 24.3 Å². The molecule has 1 fully saturated rings. The van der Waals surface area contributed by atoms with Crippen molar-refractivity contribution in [2.45, 2.75) is 63.8 Å². The van der Waals surface area contributed by atoms with Crippen molar-refractivity contribution in [2.24, 2.45) is 0 Å². The van der Waals surface area contributed by atoms with Crippen LogP contribution in [0.25, 0.3) is 0 Å². The Morgan fingerprint density at radius 1 is 1.10 bits per heavy atom. The lowest BCUT2D eigenvalue weighted by molar-refractivity contribution is -0.121. The van der Waals surface area contributed by atoms with Gasteiger partial charge in [0.1, 0.15) is 0 Å². The maximum atomic E-state index is 12.0. The number of carbonyl (C=O) groups is 1. The summed E-state index contributed by atoms with van der Waals surface area (Å²) in [6, 6.07) is 8.17. The lowest BCUT2D eigenvalue weighted by Gasteiger charge is -2.21. The predicted octanol–water partition coefficient (Wildman–Crippen LogP) is 3.85. The molecule has 1 saturated carbocycles. The summed E-state index contributed by atoms with van der Waals surface area (Å²) in [7, 11) is 0. The molecular formula is C17H27ClN2O. The highest BCUT2D eigenvalue weighted by atomic mass is 35.5. The first-order chi connectivity index (χ1) is 9.75. The number of halogens is 1. The second kappa shape index (κ2) is 9.67. The Balaban J connectivity index is 0.00000220. The molecule has 3 N–H and O–H groups in total. The third-order valence-corrected chi connectivity index (χ3v) is 4.15. The van der Waals surface area contributed by atoms with Gasteiger partial charge in [0.2, 0.25) is 5.91 Å². The van der Waals surface area contributed by atoms with Gasteiger partial charge in [-0.25, -0.2) is 0 Å². The lowest BCUT2D eigenvalue weighted by atomic mass is 9.96. The van der Waals surface area contributed by atoms with Gasteiger partial charge in [-0.1, -0.05) is 50.3 Å². The molecule has 0 aliphatic heterocycles. The Bertz CT molecular complexity index is 429. The van der Waals surface area contributed by atoms with Gasteiger partial charge in [-0.3, -0.25) is 4.79 Å². The van der Waals surface area contributed by atoms with Crippen molar-refractivity contribution in [1.82, 2.24) is 5.32 Å². The van der Waals surface area contributed by atoms with Crippen molar-refractivity contribution in [3.8, 4) is 0 Å². The number of benzene rings is 1. The molecular weight excluding hydrogens is 284 g/mol. The fourth-order valence-corrected chi connectivity index (χ4v) is 2.91. The maximum absolute atomic E-state index is 12.0. The van der Waals surface area contributed by atoms with E-state index in [-0.39, 0.29) is 18.3 Å². The molecule has 1 amide bonds. The Morgan fingerprint density at radius 3 is 2.38 bits per heavy atom. The van der Waals surface area contributed by atoms with Gasteiger partial charge in [0, 0.05) is 18.2 Å². The van der Waals surface area contributed by atoms with Crippen molar-refractivity contribution in [3.63, 3.8) is 0 Å². The molecule has 1 aliphatic carbocycles. The van der Waals surface area contributed by atoms with Crippen LogP contribution in [-0.4, -0.2) is 11.9 Å². The first kappa shape index (κ1) is 17.8. The highest BCUT2D eigenvalue weighted by Crippen LogP contribution is 2.17. The molecule has 0 atom stereocenters. The number of nitrogen functional groups attached to an aromatic ring is 1. The Labute approximate surface area is 134 Å². The molecule has 1 aromatic rings. The summed E-state index contributed by atoms with van der Waals surface area (Å²) in [6.07, 6.45) is 10.0. The molecule has 118 valence electrons. The van der Waals surface area contributed by atoms with Gasteiger partial charge >= 0.3 is 0 Å². The number of hydrogen-bond donors (Lipinski definition) is 2. The molecule has 21 heavy (non-hydrogen) atoms. The standard InChI is InChI=1S/C17H26N2O.ClH/c18-16-11-7-6-8-14(16)12-13-17(20)19-15-9-4-2-1-3-5-10-15;/h6-8,11,15H,1-5,9-10,12-13,18H2,(H,19,20);1H. The van der Waals surface area contributed by atoms with E-state index in [4.69, 9.17) is 5.73 Å². The third-order valence-electron chi connectivity index (χ3n) is 4.15. The minimum atomic E-state index is 0. The highest BCUT2D eigenvalue weighted by Gasteiger charge is 2.14. The van der Waals surface area contributed by atoms with Gasteiger partial charge in [0.05, 0.1) is 0 Å². The number of amides is 1. The Morgan fingerprint density at radius 2 is 1.71 bits per heavy atom. The van der Waals surface area contributed by atoms with Crippen molar-refractivity contribution >= 4 is 24.0 Å². The van der Waals surface area contributed by atoms with Gasteiger partial charge < -0.3 is 11.1 Å². The molecule has 4 heteroatoms. The number of hydrogen-bond acceptors (Lipinski definition) is 2. The molecule has 0 saturated heterocycles. The number of para-hydroxylation sites is 1. The molecule has 0 radical (unpaired) electrons. The van der Waals surface area contributed by atoms with E-state index in [1.807, 2.05) is 24.3 Å². The molecule has 0 aromatic heterocycles. The highest BCUT2D eigenvalue weighted by molar-refractivity contribution is 5.85. The van der Waals surface area contributed by atoms with Crippen molar-refractivity contribution < 1.29 is 4.79 Å². The minimum Gasteiger partial charge on any atom is -0.399 e. The minimum absolute atomic E-state index is 0. The SMILES string of the molecule is Cl.Nc1ccccc1CCC(=O)NC1CCCCCCC1. The number of nitrogens with two attached hydrogens (primary N) is 1. The molecule has 0 spiro atoms. The normalized spacial score (nSPS) is 16.4. The summed E-state index contributed by atoms with van der Waals surface area (Å²) in [5.41, 5.74) is 7.75. The van der Waals surface area contributed by atoms with Crippen LogP contribution in [0.4, 0.5) is 5.69 Å². The summed E-state index contributed by atoms with van der Waals surface area (Å²) >= 11 is 0. The maximum Gasteiger partial charge on any atom is 0.220 e. The number of nitrogens with one attached hydrogen (secondary N) is 1. The monoisotopic (exact) mass is 310 g/mol. The molecule has 1 aliphatic rings. The van der Waals surface area contributed by atoms with Gasteiger partial charge in [0.25, 0.3) is 0 Å². The molecule has 0 bridgehead atoms. The average Bonchev–Trinajstić information content (AvgIpc) is 2.41. The van der Waals surface area contributed by atoms with E-state index in [2.05, 4.69) is 5.32 Å². The van der Waals surface area contributed by atoms with Crippen molar-refractivity contribution in [2.75, 3.05) is 5.73 Å². The zero-order valence-corrected chi connectivity index (χ0v) is 13.5. The second-order valence-corrected chi connectivity index (χ2v) is 5.81. The topological polar surface area (TPSA) is 55.1 Å². The number of rotatable bonds is 4. The largest absolute Gasteiger partial charge is 0.399 e. The smallest absolute Gasteiger partial charge is 0.220 e. The van der Waals surface area contributed by atoms with E-state index < -0.39 is 0 Å². The fraction of sp³-hybridized carbons (Fsp3) is 0.588. The van der Waals surface area contributed by atoms with Crippen molar-refractivity contribution in [3.05, 3.63) is 29.8 Å². The predicted molar refractivity (Wildman–Crippen MR) is 90.7 cm³/mol. The zero-order valence-electron chi connectivity index (χ0n) is 12.6. The quantitative estimate of drug-likeness (QED) is 0.830. The summed E-state index contributed by atoms with van der Waals surface area (Å²) in [5.74, 6) is 0.166. The lowest BCUT2D eigenvalue weighted by Crippen LogP contribution is -2.35. The number of aryl methyl sites for hydroxylation is 1. The van der Waals surface area contributed by atoms with Crippen molar-refractivity contribution in [1.29, 1.82) is 0 Å². The average molecular weight is 311 g/mol. The van der Waals surface area contributed by atoms with Gasteiger partial charge in [-0.05, 0) is 30.9 Å². The fourth-order valence-electron chi connectivity index (χ4n) is 2.91. The number of carbonyl (C=O) groups excluding carboxylic acids is 1. The van der Waals surface area contributed by atoms with Crippen LogP contribution in [0.5, 0.6) is 0 Å². The molecule has 0 heterocycles. The van der Waals surface area contributed by atoms with Crippen LogP contribution < -0.4 is 11.1 Å². The van der Waals surface area contributed by atoms with E-state index in [9.17, 15) is 4.79 Å². The van der Waals surface area contributed by atoms with Crippen LogP contribution in [-0.2, 0) is 11.2 Å². The molecule has 2 rings (SSSR count). The van der Waals surface area contributed by atoms with Crippen LogP contribution >= 0.6 is 12.4 Å². The molecule has 1 aromatic carbocycles. The summed E-state index contributed by atoms with van der Waals surface area (Å²) in [4.78, 5) is 12.0. The molecule has 0 unspecified atom stereocenters. The van der Waals surface area contributed by atoms with E-state index in [1.54, 1.807) is 0 Å². The van der Waals surface area contributed by atoms with Gasteiger partial charge in [0.15, 0.2) is 0 Å². The van der Waals surface area contributed by atoms with Crippen LogP contribution in [0.3, 0.4) is 0 Å². The molecule has 3 nitrogen and oxygen atoms in total. The first-order valence-electron chi connectivity index (χ1n) is 7.88. The summed E-state index contributed by atoms with van der Waals surface area (Å²) in [6.45, 7) is 0.